The molecule has 2 N–H and O–H groups in total. The first kappa shape index (κ1) is 18.4. The summed E-state index contributed by atoms with van der Waals surface area (Å²) >= 11 is 0. The lowest BCUT2D eigenvalue weighted by Gasteiger charge is -2.32. The van der Waals surface area contributed by atoms with Gasteiger partial charge in [0.1, 0.15) is 0 Å². The van der Waals surface area contributed by atoms with Crippen LogP contribution in [-0.4, -0.2) is 66.7 Å². The number of amides is 1. The second kappa shape index (κ2) is 8.79. The number of benzene rings is 1. The van der Waals surface area contributed by atoms with Crippen molar-refractivity contribution in [3.05, 3.63) is 35.4 Å². The smallest absolute Gasteiger partial charge is 0.251 e. The molecule has 25 heavy (non-hydrogen) atoms. The minimum Gasteiger partial charge on any atom is -0.393 e. The summed E-state index contributed by atoms with van der Waals surface area (Å²) in [6.45, 7) is 5.96. The summed E-state index contributed by atoms with van der Waals surface area (Å²) in [5.41, 5.74) is 1.95. The Morgan fingerprint density at radius 2 is 1.80 bits per heavy atom. The van der Waals surface area contributed by atoms with Crippen molar-refractivity contribution in [3.63, 3.8) is 0 Å². The molecule has 5 nitrogen and oxygen atoms in total. The monoisotopic (exact) mass is 345 g/mol. The second-order valence-electron chi connectivity index (χ2n) is 7.60. The zero-order valence-corrected chi connectivity index (χ0v) is 15.3. The van der Waals surface area contributed by atoms with Crippen LogP contribution in [0.5, 0.6) is 0 Å². The van der Waals surface area contributed by atoms with Crippen molar-refractivity contribution in [1.29, 1.82) is 0 Å². The number of aliphatic hydroxyl groups is 1. The number of carbonyl (C=O) groups excluding carboxylic acids is 1. The SMILES string of the molecule is CN1CCN(Cc2ccc(C(=O)NC[C@H]3CCCC[C@@H]3O)cc2)CC1. The van der Waals surface area contributed by atoms with Crippen molar-refractivity contribution in [2.75, 3.05) is 39.8 Å². The quantitative estimate of drug-likeness (QED) is 0.853. The first-order valence-electron chi connectivity index (χ1n) is 9.58. The largest absolute Gasteiger partial charge is 0.393 e. The van der Waals surface area contributed by atoms with E-state index < -0.39 is 0 Å². The minimum absolute atomic E-state index is 0.0380. The van der Waals surface area contributed by atoms with Gasteiger partial charge in [-0.2, -0.15) is 0 Å². The molecule has 5 heteroatoms. The Morgan fingerprint density at radius 1 is 1.12 bits per heavy atom. The molecule has 2 atom stereocenters. The van der Waals surface area contributed by atoms with Gasteiger partial charge in [0, 0.05) is 50.7 Å². The van der Waals surface area contributed by atoms with E-state index in [1.165, 1.54) is 5.56 Å². The number of nitrogens with one attached hydrogen (secondary N) is 1. The van der Waals surface area contributed by atoms with E-state index in [1.54, 1.807) is 0 Å². The third-order valence-corrected chi connectivity index (χ3v) is 5.61. The van der Waals surface area contributed by atoms with Gasteiger partial charge in [-0.25, -0.2) is 0 Å². The van der Waals surface area contributed by atoms with Gasteiger partial charge in [-0.1, -0.05) is 25.0 Å². The van der Waals surface area contributed by atoms with Gasteiger partial charge >= 0.3 is 0 Å². The molecule has 1 heterocycles. The van der Waals surface area contributed by atoms with Crippen LogP contribution in [-0.2, 0) is 6.54 Å². The highest BCUT2D eigenvalue weighted by molar-refractivity contribution is 5.94. The molecule has 1 aromatic carbocycles. The molecule has 1 aromatic rings. The first-order chi connectivity index (χ1) is 12.1. The number of hydrogen-bond acceptors (Lipinski definition) is 4. The molecule has 0 unspecified atom stereocenters. The highest BCUT2D eigenvalue weighted by atomic mass is 16.3. The molecule has 2 fully saturated rings. The third kappa shape index (κ3) is 5.27. The normalized spacial score (nSPS) is 25.7. The number of hydrogen-bond donors (Lipinski definition) is 2. The molecular formula is C20H31N3O2. The fraction of sp³-hybridized carbons (Fsp3) is 0.650. The van der Waals surface area contributed by atoms with Crippen LogP contribution in [0.2, 0.25) is 0 Å². The van der Waals surface area contributed by atoms with Gasteiger partial charge in [0.25, 0.3) is 5.91 Å². The van der Waals surface area contributed by atoms with Crippen LogP contribution in [0.25, 0.3) is 0 Å². The fourth-order valence-electron chi connectivity index (χ4n) is 3.78. The van der Waals surface area contributed by atoms with Gasteiger partial charge in [0.15, 0.2) is 0 Å². The number of rotatable bonds is 5. The molecule has 1 aliphatic heterocycles. The Morgan fingerprint density at radius 3 is 2.48 bits per heavy atom. The lowest BCUT2D eigenvalue weighted by Crippen LogP contribution is -2.43. The minimum atomic E-state index is -0.264. The lowest BCUT2D eigenvalue weighted by molar-refractivity contribution is 0.0663. The first-order valence-corrected chi connectivity index (χ1v) is 9.58. The van der Waals surface area contributed by atoms with E-state index in [0.29, 0.717) is 12.1 Å². The van der Waals surface area contributed by atoms with E-state index in [4.69, 9.17) is 0 Å². The summed E-state index contributed by atoms with van der Waals surface area (Å²) in [5, 5.41) is 13.0. The van der Waals surface area contributed by atoms with Gasteiger partial charge in [-0.3, -0.25) is 9.69 Å². The number of piperazine rings is 1. The average molecular weight is 345 g/mol. The van der Waals surface area contributed by atoms with E-state index in [-0.39, 0.29) is 17.9 Å². The molecule has 1 amide bonds. The number of aliphatic hydroxyl groups excluding tert-OH is 1. The van der Waals surface area contributed by atoms with Crippen LogP contribution in [0.4, 0.5) is 0 Å². The van der Waals surface area contributed by atoms with E-state index in [0.717, 1.165) is 58.4 Å². The summed E-state index contributed by atoms with van der Waals surface area (Å²) in [6, 6.07) is 7.95. The predicted molar refractivity (Wildman–Crippen MR) is 99.5 cm³/mol. The van der Waals surface area contributed by atoms with Gasteiger partial charge < -0.3 is 15.3 Å². The molecule has 1 aliphatic carbocycles. The van der Waals surface area contributed by atoms with E-state index in [9.17, 15) is 9.90 Å². The van der Waals surface area contributed by atoms with Gasteiger partial charge in [0.2, 0.25) is 0 Å². The summed E-state index contributed by atoms with van der Waals surface area (Å²) in [7, 11) is 2.16. The topological polar surface area (TPSA) is 55.8 Å². The van der Waals surface area contributed by atoms with E-state index in [1.807, 2.05) is 12.1 Å². The zero-order chi connectivity index (χ0) is 17.6. The Hall–Kier alpha value is -1.43. The van der Waals surface area contributed by atoms with Crippen LogP contribution < -0.4 is 5.32 Å². The maximum atomic E-state index is 12.3. The van der Waals surface area contributed by atoms with Crippen LogP contribution >= 0.6 is 0 Å². The van der Waals surface area contributed by atoms with Gasteiger partial charge in [-0.15, -0.1) is 0 Å². The number of likely N-dealkylation sites (N-methyl/N-ethyl adjacent to an activating group) is 1. The standard InChI is InChI=1S/C20H31N3O2/c1-22-10-12-23(13-11-22)15-16-6-8-17(9-7-16)20(25)21-14-18-4-2-3-5-19(18)24/h6-9,18-19,24H,2-5,10-15H2,1H3,(H,21,25)/t18-,19+/m1/s1. The molecule has 0 radical (unpaired) electrons. The van der Waals surface area contributed by atoms with E-state index in [2.05, 4.69) is 34.3 Å². The molecule has 0 aromatic heterocycles. The van der Waals surface area contributed by atoms with Crippen molar-refractivity contribution in [3.8, 4) is 0 Å². The van der Waals surface area contributed by atoms with Gasteiger partial charge in [0.05, 0.1) is 6.10 Å². The Balaban J connectivity index is 1.47. The maximum Gasteiger partial charge on any atom is 0.251 e. The molecule has 0 spiro atoms. The summed E-state index contributed by atoms with van der Waals surface area (Å²) in [4.78, 5) is 17.1. The molecule has 3 rings (SSSR count). The summed E-state index contributed by atoms with van der Waals surface area (Å²) < 4.78 is 0. The second-order valence-corrected chi connectivity index (χ2v) is 7.60. The number of carbonyl (C=O) groups is 1. The van der Waals surface area contributed by atoms with Crippen LogP contribution in [0.1, 0.15) is 41.6 Å². The molecule has 2 aliphatic rings. The summed E-state index contributed by atoms with van der Waals surface area (Å²) in [5.74, 6) is 0.165. The number of nitrogens with zero attached hydrogens (tertiary/aromatic N) is 2. The summed E-state index contributed by atoms with van der Waals surface area (Å²) in [6.07, 6.45) is 3.85. The van der Waals surface area contributed by atoms with Crippen molar-refractivity contribution in [2.24, 2.45) is 5.92 Å². The Labute approximate surface area is 151 Å². The van der Waals surface area contributed by atoms with Crippen LogP contribution in [0, 0.1) is 5.92 Å². The molecule has 1 saturated carbocycles. The van der Waals surface area contributed by atoms with Gasteiger partial charge in [-0.05, 0) is 37.6 Å². The molecule has 1 saturated heterocycles. The molecule has 138 valence electrons. The maximum absolute atomic E-state index is 12.3. The fourth-order valence-corrected chi connectivity index (χ4v) is 3.78. The lowest BCUT2D eigenvalue weighted by atomic mass is 9.86. The predicted octanol–water partition coefficient (Wildman–Crippen LogP) is 1.71. The van der Waals surface area contributed by atoms with Crippen molar-refractivity contribution in [1.82, 2.24) is 15.1 Å². The zero-order valence-electron chi connectivity index (χ0n) is 15.3. The highest BCUT2D eigenvalue weighted by Crippen LogP contribution is 2.23. The van der Waals surface area contributed by atoms with Crippen LogP contribution in [0.3, 0.4) is 0 Å². The Bertz CT molecular complexity index is 553. The highest BCUT2D eigenvalue weighted by Gasteiger charge is 2.23. The average Bonchev–Trinajstić information content (AvgIpc) is 2.63. The third-order valence-electron chi connectivity index (χ3n) is 5.61. The van der Waals surface area contributed by atoms with E-state index >= 15 is 0 Å². The van der Waals surface area contributed by atoms with Crippen molar-refractivity contribution >= 4 is 5.91 Å². The molecular weight excluding hydrogens is 314 g/mol. The van der Waals surface area contributed by atoms with Crippen molar-refractivity contribution in [2.45, 2.75) is 38.3 Å². The Kier molecular flexibility index (Phi) is 6.45. The van der Waals surface area contributed by atoms with Crippen LogP contribution in [0.15, 0.2) is 24.3 Å². The van der Waals surface area contributed by atoms with Crippen molar-refractivity contribution < 1.29 is 9.90 Å². The molecule has 0 bridgehead atoms.